The Balaban J connectivity index is 1.45. The Kier molecular flexibility index (Phi) is 6.82. The molecule has 22 heavy (non-hydrogen) atoms. The van der Waals surface area contributed by atoms with Crippen molar-refractivity contribution in [3.8, 4) is 0 Å². The van der Waals surface area contributed by atoms with Crippen molar-refractivity contribution < 1.29 is 22.4 Å². The largest absolute Gasteiger partial charge is 0.378 e. The van der Waals surface area contributed by atoms with E-state index in [1.54, 1.807) is 0 Å². The zero-order valence-electron chi connectivity index (χ0n) is 12.7. The summed E-state index contributed by atoms with van der Waals surface area (Å²) in [6.07, 6.45) is 3.39. The van der Waals surface area contributed by atoms with Gasteiger partial charge < -0.3 is 9.47 Å². The van der Waals surface area contributed by atoms with Gasteiger partial charge in [0, 0.05) is 6.61 Å². The molecule has 0 heterocycles. The van der Waals surface area contributed by atoms with E-state index < -0.39 is 10.1 Å². The number of hydrogen-bond acceptors (Lipinski definition) is 4. The van der Waals surface area contributed by atoms with E-state index in [0.29, 0.717) is 32.0 Å². The summed E-state index contributed by atoms with van der Waals surface area (Å²) >= 11 is 0. The molecule has 0 atom stereocenters. The van der Waals surface area contributed by atoms with Crippen molar-refractivity contribution in [2.45, 2.75) is 38.4 Å². The highest BCUT2D eigenvalue weighted by Crippen LogP contribution is 2.30. The van der Waals surface area contributed by atoms with Gasteiger partial charge in [-0.2, -0.15) is 8.42 Å². The molecule has 1 saturated carbocycles. The molecule has 6 heteroatoms. The first kappa shape index (κ1) is 17.4. The Morgan fingerprint density at radius 2 is 1.86 bits per heavy atom. The normalized spacial score (nSPS) is 21.5. The van der Waals surface area contributed by atoms with E-state index in [-0.39, 0.29) is 11.9 Å². The highest BCUT2D eigenvalue weighted by molar-refractivity contribution is 7.85. The second-order valence-corrected chi connectivity index (χ2v) is 7.40. The van der Waals surface area contributed by atoms with Crippen LogP contribution in [0.2, 0.25) is 0 Å². The number of unbranched alkanes of at least 4 members (excludes halogenated alkanes) is 1. The van der Waals surface area contributed by atoms with Gasteiger partial charge >= 0.3 is 0 Å². The van der Waals surface area contributed by atoms with E-state index in [1.165, 1.54) is 5.56 Å². The maximum absolute atomic E-state index is 10.5. The van der Waals surface area contributed by atoms with Crippen molar-refractivity contribution in [2.75, 3.05) is 19.0 Å². The van der Waals surface area contributed by atoms with Crippen LogP contribution in [0, 0.1) is 5.92 Å². The first-order valence-corrected chi connectivity index (χ1v) is 9.32. The van der Waals surface area contributed by atoms with Crippen molar-refractivity contribution in [2.24, 2.45) is 5.92 Å². The molecule has 0 saturated heterocycles. The molecule has 0 spiro atoms. The minimum atomic E-state index is -3.83. The second-order valence-electron chi connectivity index (χ2n) is 5.82. The Hall–Kier alpha value is -0.950. The van der Waals surface area contributed by atoms with Gasteiger partial charge in [0.15, 0.2) is 0 Å². The summed E-state index contributed by atoms with van der Waals surface area (Å²) < 4.78 is 41.0. The van der Waals surface area contributed by atoms with Crippen molar-refractivity contribution in [3.05, 3.63) is 35.9 Å². The van der Waals surface area contributed by atoms with Crippen LogP contribution in [-0.4, -0.2) is 38.0 Å². The predicted molar refractivity (Wildman–Crippen MR) is 84.2 cm³/mol. The molecule has 0 aromatic heterocycles. The van der Waals surface area contributed by atoms with Crippen LogP contribution in [0.25, 0.3) is 0 Å². The predicted octanol–water partition coefficient (Wildman–Crippen LogP) is 2.67. The van der Waals surface area contributed by atoms with Crippen LogP contribution in [0.15, 0.2) is 30.3 Å². The fourth-order valence-corrected chi connectivity index (χ4v) is 3.07. The van der Waals surface area contributed by atoms with Crippen molar-refractivity contribution in [3.63, 3.8) is 0 Å². The molecule has 0 amide bonds. The third-order valence-electron chi connectivity index (χ3n) is 3.81. The summed E-state index contributed by atoms with van der Waals surface area (Å²) in [5.74, 6) is 0.378. The molecule has 1 fully saturated rings. The molecule has 5 nitrogen and oxygen atoms in total. The fraction of sp³-hybridized carbons (Fsp3) is 0.625. The van der Waals surface area contributed by atoms with Crippen LogP contribution in [0.3, 0.4) is 0 Å². The molecule has 1 aliphatic carbocycles. The summed E-state index contributed by atoms with van der Waals surface area (Å²) in [5, 5.41) is 0. The topological polar surface area (TPSA) is 72.8 Å². The molecule has 1 aromatic carbocycles. The van der Waals surface area contributed by atoms with Gasteiger partial charge in [-0.15, -0.1) is 0 Å². The molecule has 0 unspecified atom stereocenters. The van der Waals surface area contributed by atoms with E-state index in [9.17, 15) is 8.42 Å². The summed E-state index contributed by atoms with van der Waals surface area (Å²) in [6.45, 7) is 1.97. The number of benzene rings is 1. The molecular formula is C16H24O5S. The maximum Gasteiger partial charge on any atom is 0.264 e. The van der Waals surface area contributed by atoms with Gasteiger partial charge in [-0.1, -0.05) is 30.3 Å². The lowest BCUT2D eigenvalue weighted by Crippen LogP contribution is -2.34. The van der Waals surface area contributed by atoms with Crippen molar-refractivity contribution in [1.29, 1.82) is 0 Å². The molecule has 0 radical (unpaired) electrons. The van der Waals surface area contributed by atoms with Gasteiger partial charge in [0.05, 0.1) is 25.1 Å². The average molecular weight is 328 g/mol. The molecule has 0 aliphatic heterocycles. The number of ether oxygens (including phenoxy) is 2. The summed E-state index contributed by atoms with van der Waals surface area (Å²) in [4.78, 5) is 0. The molecular weight excluding hydrogens is 304 g/mol. The SMILES string of the molecule is O=S(=O)(O)CCCCO[C@H]1C[C@H](COCc2ccccc2)C1. The van der Waals surface area contributed by atoms with E-state index in [1.807, 2.05) is 18.2 Å². The first-order valence-electron chi connectivity index (χ1n) is 7.71. The van der Waals surface area contributed by atoms with Crippen LogP contribution >= 0.6 is 0 Å². The van der Waals surface area contributed by atoms with Crippen molar-refractivity contribution >= 4 is 10.1 Å². The average Bonchev–Trinajstić information content (AvgIpc) is 2.43. The zero-order valence-corrected chi connectivity index (χ0v) is 13.5. The second kappa shape index (κ2) is 8.62. The number of hydrogen-bond donors (Lipinski definition) is 1. The van der Waals surface area contributed by atoms with E-state index in [2.05, 4.69) is 12.1 Å². The minimum Gasteiger partial charge on any atom is -0.378 e. The number of rotatable bonds is 10. The van der Waals surface area contributed by atoms with Gasteiger partial charge in [-0.25, -0.2) is 0 Å². The van der Waals surface area contributed by atoms with Crippen molar-refractivity contribution in [1.82, 2.24) is 0 Å². The quantitative estimate of drug-likeness (QED) is 0.528. The summed E-state index contributed by atoms with van der Waals surface area (Å²) in [6, 6.07) is 10.1. The summed E-state index contributed by atoms with van der Waals surface area (Å²) in [5.41, 5.74) is 1.19. The standard InChI is InChI=1S/C16H24O5S/c17-22(18,19)9-5-4-8-21-16-10-15(11-16)13-20-12-14-6-2-1-3-7-14/h1-3,6-7,15-16H,4-5,8-13H2,(H,17,18,19)/t15-,16-. The van der Waals surface area contributed by atoms with Gasteiger partial charge in [0.1, 0.15) is 0 Å². The molecule has 124 valence electrons. The van der Waals surface area contributed by atoms with Crippen LogP contribution in [0.1, 0.15) is 31.2 Å². The van der Waals surface area contributed by atoms with Crippen LogP contribution in [0.4, 0.5) is 0 Å². The van der Waals surface area contributed by atoms with Crippen LogP contribution < -0.4 is 0 Å². The lowest BCUT2D eigenvalue weighted by atomic mass is 9.83. The maximum atomic E-state index is 10.5. The summed E-state index contributed by atoms with van der Waals surface area (Å²) in [7, 11) is -3.83. The van der Waals surface area contributed by atoms with E-state index >= 15 is 0 Å². The molecule has 1 N–H and O–H groups in total. The van der Waals surface area contributed by atoms with Gasteiger partial charge in [-0.3, -0.25) is 4.55 Å². The Labute approximate surface area is 132 Å². The lowest BCUT2D eigenvalue weighted by Gasteiger charge is -2.35. The third kappa shape index (κ3) is 6.87. The Bertz CT molecular complexity index is 523. The molecule has 0 bridgehead atoms. The van der Waals surface area contributed by atoms with Crippen LogP contribution in [-0.2, 0) is 26.2 Å². The van der Waals surface area contributed by atoms with Crippen LogP contribution in [0.5, 0.6) is 0 Å². The third-order valence-corrected chi connectivity index (χ3v) is 4.61. The monoisotopic (exact) mass is 328 g/mol. The van der Waals surface area contributed by atoms with E-state index in [4.69, 9.17) is 14.0 Å². The Morgan fingerprint density at radius 3 is 2.55 bits per heavy atom. The lowest BCUT2D eigenvalue weighted by molar-refractivity contribution is -0.0590. The highest BCUT2D eigenvalue weighted by atomic mass is 32.2. The first-order chi connectivity index (χ1) is 10.5. The molecule has 1 aliphatic rings. The van der Waals surface area contributed by atoms with Gasteiger partial charge in [0.25, 0.3) is 10.1 Å². The minimum absolute atomic E-state index is 0.184. The smallest absolute Gasteiger partial charge is 0.264 e. The fourth-order valence-electron chi connectivity index (χ4n) is 2.50. The van der Waals surface area contributed by atoms with Gasteiger partial charge in [-0.05, 0) is 37.2 Å². The highest BCUT2D eigenvalue weighted by Gasteiger charge is 2.29. The van der Waals surface area contributed by atoms with Gasteiger partial charge in [0.2, 0.25) is 0 Å². The van der Waals surface area contributed by atoms with E-state index in [0.717, 1.165) is 19.4 Å². The zero-order chi connectivity index (χ0) is 15.8. The Morgan fingerprint density at radius 1 is 1.14 bits per heavy atom. The molecule has 1 aromatic rings. The molecule has 2 rings (SSSR count).